The summed E-state index contributed by atoms with van der Waals surface area (Å²) in [6, 6.07) is 6.22. The van der Waals surface area contributed by atoms with Crippen molar-refractivity contribution < 1.29 is 18.7 Å². The molecule has 130 valence electrons. The molecule has 1 aliphatic rings. The minimum atomic E-state index is -0.534. The van der Waals surface area contributed by atoms with Gasteiger partial charge in [-0.3, -0.25) is 9.59 Å². The summed E-state index contributed by atoms with van der Waals surface area (Å²) in [5.41, 5.74) is 1.39. The van der Waals surface area contributed by atoms with Crippen molar-refractivity contribution in [2.45, 2.75) is 37.0 Å². The van der Waals surface area contributed by atoms with E-state index in [-0.39, 0.29) is 24.1 Å². The molecule has 1 amide bonds. The minimum Gasteiger partial charge on any atom is -0.455 e. The molecule has 1 N–H and O–H groups in total. The number of nitrogens with one attached hydrogen (secondary N) is 1. The first-order valence-corrected chi connectivity index (χ1v) is 9.11. The summed E-state index contributed by atoms with van der Waals surface area (Å²) in [6.07, 6.45) is 7.80. The number of halogens is 1. The van der Waals surface area contributed by atoms with Crippen molar-refractivity contribution in [2.75, 3.05) is 18.9 Å². The van der Waals surface area contributed by atoms with Crippen molar-refractivity contribution in [3.05, 3.63) is 41.7 Å². The van der Waals surface area contributed by atoms with E-state index in [1.165, 1.54) is 24.5 Å². The van der Waals surface area contributed by atoms with Crippen LogP contribution in [0.1, 0.15) is 32.1 Å². The molecule has 0 saturated heterocycles. The highest BCUT2D eigenvalue weighted by molar-refractivity contribution is 8.00. The molecular formula is C18H22FNO3S. The quantitative estimate of drug-likeness (QED) is 0.443. The van der Waals surface area contributed by atoms with E-state index in [0.29, 0.717) is 11.4 Å². The van der Waals surface area contributed by atoms with Crippen LogP contribution in [0.15, 0.2) is 40.8 Å². The third kappa shape index (κ3) is 6.74. The van der Waals surface area contributed by atoms with Crippen LogP contribution < -0.4 is 5.32 Å². The molecule has 0 aromatic heterocycles. The summed E-state index contributed by atoms with van der Waals surface area (Å²) in [7, 11) is 0. The lowest BCUT2D eigenvalue weighted by molar-refractivity contribution is -0.145. The first kappa shape index (κ1) is 18.5. The molecule has 0 radical (unpaired) electrons. The van der Waals surface area contributed by atoms with Crippen molar-refractivity contribution in [2.24, 2.45) is 0 Å². The van der Waals surface area contributed by atoms with Gasteiger partial charge in [0.25, 0.3) is 5.91 Å². The molecular weight excluding hydrogens is 329 g/mol. The zero-order valence-corrected chi connectivity index (χ0v) is 14.4. The van der Waals surface area contributed by atoms with E-state index in [0.717, 1.165) is 31.0 Å². The van der Waals surface area contributed by atoms with E-state index in [2.05, 4.69) is 11.4 Å². The van der Waals surface area contributed by atoms with E-state index in [9.17, 15) is 14.0 Å². The molecule has 6 heteroatoms. The van der Waals surface area contributed by atoms with Gasteiger partial charge in [-0.2, -0.15) is 0 Å². The fraction of sp³-hybridized carbons (Fsp3) is 0.444. The largest absolute Gasteiger partial charge is 0.455 e. The average molecular weight is 351 g/mol. The number of esters is 1. The number of benzene rings is 1. The van der Waals surface area contributed by atoms with Crippen LogP contribution in [0.25, 0.3) is 0 Å². The maximum Gasteiger partial charge on any atom is 0.316 e. The number of carbonyl (C=O) groups is 2. The second-order valence-corrected chi connectivity index (χ2v) is 6.61. The van der Waals surface area contributed by atoms with E-state index < -0.39 is 5.97 Å². The number of thioether (sulfide) groups is 1. The molecule has 0 spiro atoms. The topological polar surface area (TPSA) is 55.4 Å². The van der Waals surface area contributed by atoms with Crippen LogP contribution >= 0.6 is 11.8 Å². The SMILES string of the molecule is O=C(COC(=O)CSc1ccccc1F)NCCC1=CCCCC1. The van der Waals surface area contributed by atoms with Gasteiger partial charge in [-0.05, 0) is 44.2 Å². The maximum absolute atomic E-state index is 13.4. The Balaban J connectivity index is 1.58. The lowest BCUT2D eigenvalue weighted by Gasteiger charge is -2.13. The van der Waals surface area contributed by atoms with Crippen molar-refractivity contribution in [3.63, 3.8) is 0 Å². The Morgan fingerprint density at radius 1 is 1.25 bits per heavy atom. The number of hydrogen-bond acceptors (Lipinski definition) is 4. The van der Waals surface area contributed by atoms with Gasteiger partial charge in [0, 0.05) is 11.4 Å². The van der Waals surface area contributed by atoms with Gasteiger partial charge in [-0.25, -0.2) is 4.39 Å². The number of hydrogen-bond donors (Lipinski definition) is 1. The average Bonchev–Trinajstić information content (AvgIpc) is 2.60. The first-order valence-electron chi connectivity index (χ1n) is 8.12. The van der Waals surface area contributed by atoms with Crippen LogP contribution in [-0.4, -0.2) is 30.8 Å². The van der Waals surface area contributed by atoms with Crippen LogP contribution in [-0.2, 0) is 14.3 Å². The lowest BCUT2D eigenvalue weighted by atomic mass is 9.97. The fourth-order valence-corrected chi connectivity index (χ4v) is 3.17. The van der Waals surface area contributed by atoms with Crippen LogP contribution in [0.2, 0.25) is 0 Å². The smallest absolute Gasteiger partial charge is 0.316 e. The van der Waals surface area contributed by atoms with Gasteiger partial charge in [0.05, 0.1) is 5.75 Å². The predicted molar refractivity (Wildman–Crippen MR) is 92.3 cm³/mol. The number of allylic oxidation sites excluding steroid dienone is 1. The van der Waals surface area contributed by atoms with Crippen LogP contribution in [0, 0.1) is 5.82 Å². The van der Waals surface area contributed by atoms with Crippen molar-refractivity contribution in [1.82, 2.24) is 5.32 Å². The highest BCUT2D eigenvalue weighted by Crippen LogP contribution is 2.21. The summed E-state index contributed by atoms with van der Waals surface area (Å²) >= 11 is 1.05. The number of amides is 1. The van der Waals surface area contributed by atoms with Gasteiger partial charge in [0.1, 0.15) is 5.82 Å². The summed E-state index contributed by atoms with van der Waals surface area (Å²) in [6.45, 7) is 0.266. The van der Waals surface area contributed by atoms with Crippen molar-refractivity contribution in [3.8, 4) is 0 Å². The molecule has 0 unspecified atom stereocenters. The van der Waals surface area contributed by atoms with Gasteiger partial charge in [0.15, 0.2) is 6.61 Å². The second kappa shape index (κ2) is 10.1. The molecule has 1 aliphatic carbocycles. The van der Waals surface area contributed by atoms with Gasteiger partial charge in [-0.15, -0.1) is 11.8 Å². The molecule has 1 aromatic rings. The van der Waals surface area contributed by atoms with Gasteiger partial charge in [0.2, 0.25) is 0 Å². The molecule has 4 nitrogen and oxygen atoms in total. The third-order valence-corrected chi connectivity index (χ3v) is 4.72. The number of ether oxygens (including phenoxy) is 1. The van der Waals surface area contributed by atoms with E-state index >= 15 is 0 Å². The second-order valence-electron chi connectivity index (χ2n) is 5.59. The molecule has 0 fully saturated rings. The minimum absolute atomic E-state index is 0.0267. The van der Waals surface area contributed by atoms with Crippen molar-refractivity contribution in [1.29, 1.82) is 0 Å². The Morgan fingerprint density at radius 2 is 2.08 bits per heavy atom. The number of rotatable bonds is 8. The zero-order valence-electron chi connectivity index (χ0n) is 13.6. The standard InChI is InChI=1S/C18H22FNO3S/c19-15-8-4-5-9-16(15)24-13-18(22)23-12-17(21)20-11-10-14-6-2-1-3-7-14/h4-6,8-9H,1-3,7,10-13H2,(H,20,21). The summed E-state index contributed by atoms with van der Waals surface area (Å²) in [5.74, 6) is -1.24. The van der Waals surface area contributed by atoms with E-state index in [1.54, 1.807) is 18.2 Å². The molecule has 24 heavy (non-hydrogen) atoms. The summed E-state index contributed by atoms with van der Waals surface area (Å²) in [5, 5.41) is 2.74. The molecule has 0 heterocycles. The highest BCUT2D eigenvalue weighted by Gasteiger charge is 2.10. The Kier molecular flexibility index (Phi) is 7.82. The number of carbonyl (C=O) groups excluding carboxylic acids is 2. The Morgan fingerprint density at radius 3 is 2.83 bits per heavy atom. The Hall–Kier alpha value is -1.82. The Labute approximate surface area is 145 Å². The zero-order chi connectivity index (χ0) is 17.2. The van der Waals surface area contributed by atoms with E-state index in [1.807, 2.05) is 0 Å². The summed E-state index contributed by atoms with van der Waals surface area (Å²) in [4.78, 5) is 23.6. The molecule has 1 aromatic carbocycles. The molecule has 0 atom stereocenters. The molecule has 0 aliphatic heterocycles. The van der Waals surface area contributed by atoms with Crippen LogP contribution in [0.5, 0.6) is 0 Å². The van der Waals surface area contributed by atoms with Gasteiger partial charge < -0.3 is 10.1 Å². The predicted octanol–water partition coefficient (Wildman–Crippen LogP) is 3.47. The third-order valence-electron chi connectivity index (χ3n) is 3.70. The van der Waals surface area contributed by atoms with Crippen LogP contribution in [0.3, 0.4) is 0 Å². The van der Waals surface area contributed by atoms with Gasteiger partial charge >= 0.3 is 5.97 Å². The summed E-state index contributed by atoms with van der Waals surface area (Å²) < 4.78 is 18.3. The Bertz CT molecular complexity index is 604. The highest BCUT2D eigenvalue weighted by atomic mass is 32.2. The van der Waals surface area contributed by atoms with Crippen LogP contribution in [0.4, 0.5) is 4.39 Å². The lowest BCUT2D eigenvalue weighted by Crippen LogP contribution is -2.30. The molecule has 2 rings (SSSR count). The van der Waals surface area contributed by atoms with Gasteiger partial charge in [-0.1, -0.05) is 23.8 Å². The fourth-order valence-electron chi connectivity index (χ4n) is 2.43. The normalized spacial score (nSPS) is 14.0. The monoisotopic (exact) mass is 351 g/mol. The maximum atomic E-state index is 13.4. The van der Waals surface area contributed by atoms with E-state index in [4.69, 9.17) is 4.74 Å². The molecule has 0 bridgehead atoms. The van der Waals surface area contributed by atoms with Crippen molar-refractivity contribution >= 4 is 23.6 Å². The molecule has 0 saturated carbocycles. The first-order chi connectivity index (χ1) is 11.6.